The molecule has 1 N–H and O–H groups in total. The van der Waals surface area contributed by atoms with Crippen LogP contribution in [0.2, 0.25) is 0 Å². The highest BCUT2D eigenvalue weighted by Gasteiger charge is 2.24. The Balaban J connectivity index is 1.48. The van der Waals surface area contributed by atoms with Gasteiger partial charge in [0.05, 0.1) is 29.3 Å². The van der Waals surface area contributed by atoms with Crippen LogP contribution in [0.5, 0.6) is 0 Å². The van der Waals surface area contributed by atoms with Crippen LogP contribution in [0.25, 0.3) is 5.69 Å². The first-order valence-corrected chi connectivity index (χ1v) is 11.0. The summed E-state index contributed by atoms with van der Waals surface area (Å²) in [4.78, 5) is 25.9. The predicted octanol–water partition coefficient (Wildman–Crippen LogP) is 1.77. The van der Waals surface area contributed by atoms with E-state index in [1.807, 2.05) is 30.3 Å². The fourth-order valence-electron chi connectivity index (χ4n) is 3.53. The van der Waals surface area contributed by atoms with E-state index >= 15 is 0 Å². The Morgan fingerprint density at radius 1 is 1.35 bits per heavy atom. The van der Waals surface area contributed by atoms with Crippen molar-refractivity contribution in [2.24, 2.45) is 7.05 Å². The molecular weight excluding hydrogens is 418 g/mol. The minimum absolute atomic E-state index is 0.0930. The predicted molar refractivity (Wildman–Crippen MR) is 116 cm³/mol. The summed E-state index contributed by atoms with van der Waals surface area (Å²) in [6, 6.07) is 9.31. The summed E-state index contributed by atoms with van der Waals surface area (Å²) in [5.41, 5.74) is 1.39. The second kappa shape index (κ2) is 9.06. The Kier molecular flexibility index (Phi) is 6.23. The first kappa shape index (κ1) is 21.3. The van der Waals surface area contributed by atoms with Crippen LogP contribution in [-0.4, -0.2) is 53.4 Å². The van der Waals surface area contributed by atoms with Gasteiger partial charge in [-0.3, -0.25) is 14.3 Å². The minimum atomic E-state index is -0.501. The van der Waals surface area contributed by atoms with Gasteiger partial charge in [-0.25, -0.2) is 9.36 Å². The molecule has 1 saturated heterocycles. The molecule has 31 heavy (non-hydrogen) atoms. The summed E-state index contributed by atoms with van der Waals surface area (Å²) >= 11 is 1.25. The summed E-state index contributed by atoms with van der Waals surface area (Å²) < 4.78 is 10.6. The molecule has 1 aliphatic rings. The first-order chi connectivity index (χ1) is 15.0. The number of thioether (sulfide) groups is 1. The molecule has 1 aromatic carbocycles. The molecule has 0 spiro atoms. The number of amides is 1. The number of aromatic nitrogens is 6. The van der Waals surface area contributed by atoms with E-state index in [2.05, 4.69) is 20.8 Å². The fraction of sp³-hybridized carbons (Fsp3) is 0.450. The summed E-state index contributed by atoms with van der Waals surface area (Å²) in [5, 5.41) is 14.6. The van der Waals surface area contributed by atoms with E-state index in [4.69, 9.17) is 4.74 Å². The van der Waals surface area contributed by atoms with Crippen LogP contribution in [0, 0.1) is 6.92 Å². The molecule has 1 aliphatic heterocycles. The van der Waals surface area contributed by atoms with E-state index in [0.717, 1.165) is 25.1 Å². The summed E-state index contributed by atoms with van der Waals surface area (Å²) in [6.45, 7) is 4.88. The molecule has 0 bridgehead atoms. The molecule has 0 aliphatic carbocycles. The van der Waals surface area contributed by atoms with Crippen LogP contribution in [0.1, 0.15) is 25.5 Å². The van der Waals surface area contributed by atoms with Crippen LogP contribution in [0.4, 0.5) is 5.69 Å². The Morgan fingerprint density at radius 3 is 2.84 bits per heavy atom. The van der Waals surface area contributed by atoms with Crippen LogP contribution < -0.4 is 10.9 Å². The number of nitrogens with zero attached hydrogens (tertiary/aromatic N) is 6. The number of hydrogen-bond donors (Lipinski definition) is 1. The van der Waals surface area contributed by atoms with Crippen LogP contribution in [0.15, 0.2) is 40.3 Å². The van der Waals surface area contributed by atoms with E-state index in [1.54, 1.807) is 30.3 Å². The number of tetrazole rings is 1. The Labute approximate surface area is 183 Å². The fourth-order valence-corrected chi connectivity index (χ4v) is 4.32. The number of nitrogens with one attached hydrogen (secondary N) is 1. The second-order valence-electron chi connectivity index (χ2n) is 7.46. The minimum Gasteiger partial charge on any atom is -0.376 e. The van der Waals surface area contributed by atoms with Gasteiger partial charge in [-0.2, -0.15) is 0 Å². The lowest BCUT2D eigenvalue weighted by Gasteiger charge is -2.13. The van der Waals surface area contributed by atoms with Crippen molar-refractivity contribution in [2.75, 3.05) is 11.9 Å². The number of carbonyl (C=O) groups excluding carboxylic acids is 1. The van der Waals surface area contributed by atoms with Gasteiger partial charge in [0.2, 0.25) is 11.1 Å². The molecule has 11 heteroatoms. The molecule has 0 saturated carbocycles. The Morgan fingerprint density at radius 2 is 2.13 bits per heavy atom. The van der Waals surface area contributed by atoms with Gasteiger partial charge in [0.15, 0.2) is 0 Å². The average molecular weight is 444 g/mol. The maximum Gasteiger partial charge on any atom is 0.295 e. The van der Waals surface area contributed by atoms with Crippen LogP contribution in [-0.2, 0) is 23.1 Å². The molecule has 1 amide bonds. The highest BCUT2D eigenvalue weighted by molar-refractivity contribution is 8.00. The van der Waals surface area contributed by atoms with E-state index in [1.165, 1.54) is 16.4 Å². The molecule has 1 fully saturated rings. The molecular formula is C20H25N7O3S. The maximum atomic E-state index is 13.0. The Bertz CT molecular complexity index is 1120. The van der Waals surface area contributed by atoms with E-state index < -0.39 is 5.25 Å². The monoisotopic (exact) mass is 443 g/mol. The zero-order valence-electron chi connectivity index (χ0n) is 17.7. The number of rotatable bonds is 7. The normalized spacial score (nSPS) is 17.1. The summed E-state index contributed by atoms with van der Waals surface area (Å²) in [5.74, 6) is -0.289. The number of para-hydroxylation sites is 1. The number of ether oxygens (including phenoxy) is 1. The van der Waals surface area contributed by atoms with Gasteiger partial charge in [0.1, 0.15) is 5.69 Å². The molecule has 3 heterocycles. The Hall–Kier alpha value is -2.92. The van der Waals surface area contributed by atoms with Crippen LogP contribution >= 0.6 is 11.8 Å². The molecule has 0 radical (unpaired) electrons. The van der Waals surface area contributed by atoms with Crippen molar-refractivity contribution >= 4 is 23.4 Å². The van der Waals surface area contributed by atoms with Crippen molar-refractivity contribution in [1.29, 1.82) is 0 Å². The molecule has 2 atom stereocenters. The van der Waals surface area contributed by atoms with Crippen molar-refractivity contribution < 1.29 is 9.53 Å². The van der Waals surface area contributed by atoms with E-state index in [-0.39, 0.29) is 23.3 Å². The van der Waals surface area contributed by atoms with Crippen molar-refractivity contribution in [3.63, 3.8) is 0 Å². The molecule has 164 valence electrons. The second-order valence-corrected chi connectivity index (χ2v) is 8.77. The standard InChI is InChI=1S/C20H25N7O3S/c1-13-17(19(29)27(25(13)3)15-8-5-4-6-9-15)21-18(28)14(2)31-20-22-23-24-26(20)12-16-10-7-11-30-16/h4-6,8-9,14,16H,7,10-12H2,1-3H3,(H,21,28)/t14-,16+/m1/s1. The third-order valence-corrected chi connectivity index (χ3v) is 6.42. The van der Waals surface area contributed by atoms with E-state index in [0.29, 0.717) is 17.4 Å². The molecule has 10 nitrogen and oxygen atoms in total. The average Bonchev–Trinajstić information content (AvgIpc) is 3.48. The van der Waals surface area contributed by atoms with Crippen molar-refractivity contribution in [2.45, 2.75) is 49.7 Å². The lowest BCUT2D eigenvalue weighted by Crippen LogP contribution is -2.27. The van der Waals surface area contributed by atoms with Gasteiger partial charge < -0.3 is 10.1 Å². The van der Waals surface area contributed by atoms with Gasteiger partial charge in [-0.15, -0.1) is 5.10 Å². The third kappa shape index (κ3) is 4.42. The highest BCUT2D eigenvalue weighted by Crippen LogP contribution is 2.23. The highest BCUT2D eigenvalue weighted by atomic mass is 32.2. The molecule has 0 unspecified atom stereocenters. The van der Waals surface area contributed by atoms with Gasteiger partial charge in [-0.1, -0.05) is 30.0 Å². The first-order valence-electron chi connectivity index (χ1n) is 10.1. The largest absolute Gasteiger partial charge is 0.376 e. The zero-order chi connectivity index (χ0) is 22.0. The maximum absolute atomic E-state index is 13.0. The van der Waals surface area contributed by atoms with E-state index in [9.17, 15) is 9.59 Å². The molecule has 2 aromatic heterocycles. The number of benzene rings is 1. The summed E-state index contributed by atoms with van der Waals surface area (Å²) in [7, 11) is 1.79. The van der Waals surface area contributed by atoms with Crippen LogP contribution in [0.3, 0.4) is 0 Å². The van der Waals surface area contributed by atoms with Gasteiger partial charge in [-0.05, 0) is 49.2 Å². The van der Waals surface area contributed by atoms with Gasteiger partial charge >= 0.3 is 0 Å². The lowest BCUT2D eigenvalue weighted by molar-refractivity contribution is -0.115. The number of carbonyl (C=O) groups is 1. The summed E-state index contributed by atoms with van der Waals surface area (Å²) in [6.07, 6.45) is 2.10. The van der Waals surface area contributed by atoms with Crippen molar-refractivity contribution in [1.82, 2.24) is 29.6 Å². The number of hydrogen-bond acceptors (Lipinski definition) is 7. The van der Waals surface area contributed by atoms with Gasteiger partial charge in [0, 0.05) is 13.7 Å². The molecule has 3 aromatic rings. The third-order valence-electron chi connectivity index (χ3n) is 5.35. The van der Waals surface area contributed by atoms with Crippen molar-refractivity contribution in [3.8, 4) is 5.69 Å². The smallest absolute Gasteiger partial charge is 0.295 e. The topological polar surface area (TPSA) is 109 Å². The number of anilines is 1. The van der Waals surface area contributed by atoms with Crippen molar-refractivity contribution in [3.05, 3.63) is 46.4 Å². The van der Waals surface area contributed by atoms with Gasteiger partial charge in [0.25, 0.3) is 5.56 Å². The lowest BCUT2D eigenvalue weighted by atomic mass is 10.2. The SMILES string of the molecule is Cc1c(NC(=O)[C@@H](C)Sc2nnnn2C[C@@H]2CCCO2)c(=O)n(-c2ccccc2)n1C. The zero-order valence-corrected chi connectivity index (χ0v) is 18.5. The molecule has 4 rings (SSSR count). The quantitative estimate of drug-likeness (QED) is 0.554.